The lowest BCUT2D eigenvalue weighted by molar-refractivity contribution is -0.118. The summed E-state index contributed by atoms with van der Waals surface area (Å²) in [4.78, 5) is 25.5. The molecule has 0 N–H and O–H groups in total. The van der Waals surface area contributed by atoms with Gasteiger partial charge in [0, 0.05) is 37.7 Å². The lowest BCUT2D eigenvalue weighted by atomic mass is 10.3. The van der Waals surface area contributed by atoms with Crippen LogP contribution in [0, 0.1) is 6.92 Å². The third-order valence-electron chi connectivity index (χ3n) is 2.82. The highest BCUT2D eigenvalue weighted by Crippen LogP contribution is 2.17. The van der Waals surface area contributed by atoms with Gasteiger partial charge < -0.3 is 0 Å². The first-order chi connectivity index (χ1) is 9.51. The fourth-order valence-corrected chi connectivity index (χ4v) is 2.01. The molecule has 0 aliphatic carbocycles. The van der Waals surface area contributed by atoms with E-state index in [0.29, 0.717) is 49.0 Å². The van der Waals surface area contributed by atoms with Gasteiger partial charge in [0.1, 0.15) is 5.82 Å². The van der Waals surface area contributed by atoms with Crippen LogP contribution in [0.3, 0.4) is 0 Å². The van der Waals surface area contributed by atoms with Gasteiger partial charge in [-0.3, -0.25) is 14.5 Å². The average molecular weight is 320 g/mol. The van der Waals surface area contributed by atoms with E-state index in [9.17, 15) is 9.59 Å². The Hall–Kier alpha value is -1.07. The number of halogens is 2. The third kappa shape index (κ3) is 4.49. The second-order valence-corrected chi connectivity index (χ2v) is 5.24. The van der Waals surface area contributed by atoms with Crippen LogP contribution in [0.4, 0.5) is 5.82 Å². The quantitative estimate of drug-likeness (QED) is 0.726. The van der Waals surface area contributed by atoms with Crippen molar-refractivity contribution in [2.75, 3.05) is 23.7 Å². The molecule has 5 nitrogen and oxygen atoms in total. The summed E-state index contributed by atoms with van der Waals surface area (Å²) in [5.74, 6) is 1.10. The summed E-state index contributed by atoms with van der Waals surface area (Å²) in [7, 11) is 1.64. The van der Waals surface area contributed by atoms with Crippen LogP contribution in [0.1, 0.15) is 36.2 Å². The van der Waals surface area contributed by atoms with Crippen molar-refractivity contribution in [2.24, 2.45) is 0 Å². The SMILES string of the molecule is Cc1cc(N(C)C(=O)CCCCl)n(C(=O)CCCCl)n1. The number of hydrogen-bond acceptors (Lipinski definition) is 3. The predicted molar refractivity (Wildman–Crippen MR) is 80.9 cm³/mol. The summed E-state index contributed by atoms with van der Waals surface area (Å²) < 4.78 is 1.28. The predicted octanol–water partition coefficient (Wildman–Crippen LogP) is 2.83. The van der Waals surface area contributed by atoms with Gasteiger partial charge in [-0.2, -0.15) is 9.78 Å². The monoisotopic (exact) mass is 319 g/mol. The number of amides is 1. The number of carbonyl (C=O) groups is 2. The summed E-state index contributed by atoms with van der Waals surface area (Å²) in [6.07, 6.45) is 1.85. The molecule has 1 aromatic rings. The van der Waals surface area contributed by atoms with Gasteiger partial charge in [0.2, 0.25) is 11.8 Å². The van der Waals surface area contributed by atoms with Crippen LogP contribution in [-0.2, 0) is 4.79 Å². The maximum absolute atomic E-state index is 12.1. The topological polar surface area (TPSA) is 55.2 Å². The van der Waals surface area contributed by atoms with E-state index in [4.69, 9.17) is 23.2 Å². The van der Waals surface area contributed by atoms with Crippen LogP contribution in [0.25, 0.3) is 0 Å². The Labute approximate surface area is 128 Å². The van der Waals surface area contributed by atoms with Gasteiger partial charge in [-0.1, -0.05) is 0 Å². The maximum Gasteiger partial charge on any atom is 0.248 e. The van der Waals surface area contributed by atoms with Crippen LogP contribution >= 0.6 is 23.2 Å². The Balaban J connectivity index is 2.88. The molecule has 0 bridgehead atoms. The number of aromatic nitrogens is 2. The molecule has 1 heterocycles. The number of rotatable bonds is 7. The molecule has 20 heavy (non-hydrogen) atoms. The zero-order valence-electron chi connectivity index (χ0n) is 11.7. The highest BCUT2D eigenvalue weighted by atomic mass is 35.5. The molecule has 0 saturated heterocycles. The molecule has 0 aliphatic heterocycles. The summed E-state index contributed by atoms with van der Waals surface area (Å²) in [6.45, 7) is 1.78. The molecule has 1 amide bonds. The molecule has 7 heteroatoms. The Morgan fingerprint density at radius 2 is 1.85 bits per heavy atom. The molecule has 0 aliphatic rings. The third-order valence-corrected chi connectivity index (χ3v) is 3.35. The number of alkyl halides is 2. The van der Waals surface area contributed by atoms with Gasteiger partial charge in [0.05, 0.1) is 5.69 Å². The Morgan fingerprint density at radius 3 is 2.45 bits per heavy atom. The van der Waals surface area contributed by atoms with E-state index in [1.165, 1.54) is 9.58 Å². The fraction of sp³-hybridized carbons (Fsp3) is 0.615. The van der Waals surface area contributed by atoms with Crippen LogP contribution < -0.4 is 4.90 Å². The second kappa shape index (κ2) is 8.27. The summed E-state index contributed by atoms with van der Waals surface area (Å²) >= 11 is 11.2. The number of nitrogens with zero attached hydrogens (tertiary/aromatic N) is 3. The molecule has 0 aromatic carbocycles. The minimum absolute atomic E-state index is 0.0862. The van der Waals surface area contributed by atoms with Gasteiger partial charge in [-0.25, -0.2) is 0 Å². The van der Waals surface area contributed by atoms with Gasteiger partial charge >= 0.3 is 0 Å². The second-order valence-electron chi connectivity index (χ2n) is 4.49. The molecule has 1 aromatic heterocycles. The molecule has 0 spiro atoms. The van der Waals surface area contributed by atoms with Crippen molar-refractivity contribution in [2.45, 2.75) is 32.6 Å². The van der Waals surface area contributed by atoms with E-state index in [2.05, 4.69) is 5.10 Å². The Morgan fingerprint density at radius 1 is 1.25 bits per heavy atom. The zero-order valence-corrected chi connectivity index (χ0v) is 13.2. The number of carbonyl (C=O) groups excluding carboxylic acids is 2. The van der Waals surface area contributed by atoms with Gasteiger partial charge in [0.15, 0.2) is 0 Å². The fourth-order valence-electron chi connectivity index (χ4n) is 1.75. The molecule has 0 saturated carbocycles. The van der Waals surface area contributed by atoms with E-state index in [1.807, 2.05) is 0 Å². The van der Waals surface area contributed by atoms with Crippen LogP contribution in [0.15, 0.2) is 6.07 Å². The highest BCUT2D eigenvalue weighted by molar-refractivity contribution is 6.18. The normalized spacial score (nSPS) is 10.6. The lowest BCUT2D eigenvalue weighted by Gasteiger charge is -2.17. The highest BCUT2D eigenvalue weighted by Gasteiger charge is 2.19. The first kappa shape index (κ1) is 17.0. The van der Waals surface area contributed by atoms with E-state index < -0.39 is 0 Å². The standard InChI is InChI=1S/C13H19Cl2N3O2/c1-10-9-11(17(2)12(19)5-3-7-14)18(16-10)13(20)6-4-8-15/h9H,3-8H2,1-2H3. The molecular formula is C13H19Cl2N3O2. The van der Waals surface area contributed by atoms with Gasteiger partial charge in [-0.15, -0.1) is 23.2 Å². The summed E-state index contributed by atoms with van der Waals surface area (Å²) in [6, 6.07) is 1.72. The maximum atomic E-state index is 12.1. The van der Waals surface area contributed by atoms with E-state index in [-0.39, 0.29) is 11.8 Å². The Kier molecular flexibility index (Phi) is 7.02. The molecule has 0 atom stereocenters. The lowest BCUT2D eigenvalue weighted by Crippen LogP contribution is -2.30. The Bertz CT molecular complexity index is 474. The molecule has 0 unspecified atom stereocenters. The van der Waals surface area contributed by atoms with Crippen molar-refractivity contribution < 1.29 is 9.59 Å². The van der Waals surface area contributed by atoms with Gasteiger partial charge in [-0.05, 0) is 19.8 Å². The van der Waals surface area contributed by atoms with Crippen LogP contribution in [-0.4, -0.2) is 40.4 Å². The minimum Gasteiger partial charge on any atom is -0.300 e. The molecule has 112 valence electrons. The van der Waals surface area contributed by atoms with Crippen molar-refractivity contribution in [3.63, 3.8) is 0 Å². The zero-order chi connectivity index (χ0) is 15.1. The number of aryl methyl sites for hydroxylation is 1. The van der Waals surface area contributed by atoms with Crippen molar-refractivity contribution in [3.8, 4) is 0 Å². The molecule has 0 fully saturated rings. The van der Waals surface area contributed by atoms with E-state index >= 15 is 0 Å². The largest absolute Gasteiger partial charge is 0.300 e. The molecule has 1 rings (SSSR count). The van der Waals surface area contributed by atoms with Crippen molar-refractivity contribution in [1.82, 2.24) is 9.78 Å². The van der Waals surface area contributed by atoms with Crippen molar-refractivity contribution in [1.29, 1.82) is 0 Å². The smallest absolute Gasteiger partial charge is 0.248 e. The van der Waals surface area contributed by atoms with Crippen LogP contribution in [0.2, 0.25) is 0 Å². The van der Waals surface area contributed by atoms with E-state index in [0.717, 1.165) is 0 Å². The first-order valence-electron chi connectivity index (χ1n) is 6.49. The number of anilines is 1. The summed E-state index contributed by atoms with van der Waals surface area (Å²) in [5.41, 5.74) is 0.691. The minimum atomic E-state index is -0.161. The van der Waals surface area contributed by atoms with Crippen molar-refractivity contribution >= 4 is 40.8 Å². The van der Waals surface area contributed by atoms with Crippen molar-refractivity contribution in [3.05, 3.63) is 11.8 Å². The number of hydrogen-bond donors (Lipinski definition) is 0. The first-order valence-corrected chi connectivity index (χ1v) is 7.56. The van der Waals surface area contributed by atoms with E-state index in [1.54, 1.807) is 20.0 Å². The summed E-state index contributed by atoms with van der Waals surface area (Å²) in [5, 5.41) is 4.15. The molecular weight excluding hydrogens is 301 g/mol. The molecule has 0 radical (unpaired) electrons. The van der Waals surface area contributed by atoms with Gasteiger partial charge in [0.25, 0.3) is 0 Å². The average Bonchev–Trinajstić information content (AvgIpc) is 2.83. The van der Waals surface area contributed by atoms with Crippen LogP contribution in [0.5, 0.6) is 0 Å².